The molecule has 44 nitrogen and oxygen atoms in total. The third kappa shape index (κ3) is 32.4. The van der Waals surface area contributed by atoms with Gasteiger partial charge in [-0.3, -0.25) is 56.0 Å². The molecule has 8 aromatic rings. The lowest BCUT2D eigenvalue weighted by Gasteiger charge is -2.35. The average Bonchev–Trinajstić information content (AvgIpc) is 1.61. The normalized spacial score (nSPS) is 25.1. The first kappa shape index (κ1) is 117. The van der Waals surface area contributed by atoms with Crippen LogP contribution in [0.5, 0.6) is 28.9 Å². The molecule has 20 atom stereocenters. The number of amides is 1. The second-order valence-corrected chi connectivity index (χ2v) is 43.9. The SMILES string of the molecule is C=C1N=C(N)C=CN1[C@@H]1O[C@H](COP(=O)(NC(C)C(=O)OC(C)C)Oc2ccccc2)C[C@@]1(C)F.C=C1NC(=O)C=CN1[C@@H]1O[C@H](COP(=O)(NC(C)C(=O)OC(C)C)Oc2ccccc2)C[C@@]1(C)F.CCOc1nc(C)nc2c1ncn2[C@@H]1O[C@H](COP(=O)(N[C@H](C)C(=O)OC(C)C)Oc2ccccc2)C[C@@]1(C)F.Cc1nc2c(ncn2[C@@H]2O[C@H](COP(=O)(N[C@H](C)C(=O)OC(C)C)Oc3ccccc3)C[C@@]2(C)F)c(=O)[nH]1. The number of aryl methyl sites for hydroxylation is 2. The minimum absolute atomic E-state index is 0.0508. The summed E-state index contributed by atoms with van der Waals surface area (Å²) in [5.41, 5.74) is -1.17. The second-order valence-electron chi connectivity index (χ2n) is 37.1. The summed E-state index contributed by atoms with van der Waals surface area (Å²) in [6.45, 7) is 36.9. The van der Waals surface area contributed by atoms with E-state index in [1.165, 1.54) is 105 Å². The number of carbonyl (C=O) groups excluding carboxylic acids is 5. The highest BCUT2D eigenvalue weighted by atomic mass is 31.2. The van der Waals surface area contributed by atoms with E-state index in [0.717, 1.165) is 0 Å². The highest BCUT2D eigenvalue weighted by Gasteiger charge is 2.55. The molecule has 0 spiro atoms. The predicted octanol–water partition coefficient (Wildman–Crippen LogP) is 15.3. The molecule has 0 radical (unpaired) electrons. The van der Waals surface area contributed by atoms with Crippen LogP contribution < -0.4 is 59.8 Å². The number of rotatable bonds is 42. The molecule has 4 fully saturated rings. The summed E-state index contributed by atoms with van der Waals surface area (Å²) in [6, 6.07) is 29.3. The van der Waals surface area contributed by atoms with E-state index >= 15 is 17.6 Å². The topological polar surface area (TPSA) is 523 Å². The fraction of sp³-hybridized carbons (Fsp3) is 0.500. The Labute approximate surface area is 853 Å². The Bertz CT molecular complexity index is 6290. The highest BCUT2D eigenvalue weighted by molar-refractivity contribution is 7.53. The van der Waals surface area contributed by atoms with Gasteiger partial charge in [-0.15, -0.1) is 0 Å². The number of amidine groups is 1. The predicted molar refractivity (Wildman–Crippen MR) is 534 cm³/mol. The summed E-state index contributed by atoms with van der Waals surface area (Å²) in [4.78, 5) is 104. The van der Waals surface area contributed by atoms with Crippen molar-refractivity contribution >= 4 is 88.9 Å². The quantitative estimate of drug-likeness (QED) is 0.00808. The lowest BCUT2D eigenvalue weighted by atomic mass is 10.0. The van der Waals surface area contributed by atoms with E-state index in [9.17, 15) is 47.0 Å². The zero-order chi connectivity index (χ0) is 108. The van der Waals surface area contributed by atoms with Crippen molar-refractivity contribution in [2.45, 2.75) is 278 Å². The second kappa shape index (κ2) is 50.3. The number of imidazole rings is 2. The first-order valence-corrected chi connectivity index (χ1v) is 53.7. The van der Waals surface area contributed by atoms with Gasteiger partial charge in [0.25, 0.3) is 11.5 Å². The number of alkyl halides is 4. The van der Waals surface area contributed by atoms with E-state index < -0.39 is 157 Å². The summed E-state index contributed by atoms with van der Waals surface area (Å²) in [5.74, 6) is -0.145. The van der Waals surface area contributed by atoms with E-state index in [4.69, 9.17) is 84.6 Å². The lowest BCUT2D eigenvalue weighted by molar-refractivity contribution is -0.150. The van der Waals surface area contributed by atoms with Gasteiger partial charge in [0.15, 0.2) is 69.9 Å². The number of H-pyrrole nitrogens is 1. The van der Waals surface area contributed by atoms with Gasteiger partial charge in [-0.2, -0.15) is 25.3 Å². The molecule has 4 aromatic carbocycles. The van der Waals surface area contributed by atoms with E-state index in [0.29, 0.717) is 35.3 Å². The fourth-order valence-corrected chi connectivity index (χ4v) is 21.7. The molecule has 4 aromatic heterocycles. The van der Waals surface area contributed by atoms with Gasteiger partial charge in [-0.1, -0.05) is 86.0 Å². The first-order valence-electron chi connectivity index (χ1n) is 47.5. The molecular weight excluding hydrogens is 2020 g/mol. The monoisotopic (exact) mass is 2150 g/mol. The number of nitrogens with two attached hydrogens (primary N) is 1. The Morgan fingerprint density at radius 3 is 1.10 bits per heavy atom. The molecule has 10 heterocycles. The number of nitrogens with one attached hydrogen (secondary N) is 6. The summed E-state index contributed by atoms with van der Waals surface area (Å²) in [6.07, 6.45) is -1.00. The number of fused-ring (bicyclic) bond motifs is 2. The smallest absolute Gasteiger partial charge is 0.459 e. The average molecular weight is 2150 g/mol. The molecule has 808 valence electrons. The van der Waals surface area contributed by atoms with Gasteiger partial charge in [0, 0.05) is 44.2 Å². The number of halogens is 4. The van der Waals surface area contributed by atoms with E-state index in [-0.39, 0.29) is 134 Å². The van der Waals surface area contributed by atoms with Gasteiger partial charge < -0.3 is 86.6 Å². The molecular formula is C96H129F4N17O27P4. The van der Waals surface area contributed by atoms with E-state index in [1.54, 1.807) is 197 Å². The van der Waals surface area contributed by atoms with Crippen LogP contribution in [0.25, 0.3) is 22.3 Å². The number of ether oxygens (including phenoxy) is 9. The number of nitrogens with zero attached hydrogens (tertiary/aromatic N) is 10. The van der Waals surface area contributed by atoms with Crippen LogP contribution in [0, 0.1) is 13.8 Å². The van der Waals surface area contributed by atoms with Gasteiger partial charge >= 0.3 is 54.9 Å². The van der Waals surface area contributed by atoms with Crippen LogP contribution in [0.2, 0.25) is 0 Å². The maximum Gasteiger partial charge on any atom is 0.459 e. The molecule has 1 amide bonds. The zero-order valence-corrected chi connectivity index (χ0v) is 89.0. The Balaban J connectivity index is 0.000000188. The number of hydrogen-bond donors (Lipinski definition) is 7. The molecule has 6 aliphatic rings. The number of aliphatic imine (C=N–C) groups is 1. The summed E-state index contributed by atoms with van der Waals surface area (Å²) in [5, 5.41) is 12.9. The molecule has 4 saturated heterocycles. The Kier molecular flexibility index (Phi) is 39.6. The van der Waals surface area contributed by atoms with Crippen molar-refractivity contribution in [3.05, 3.63) is 205 Å². The Hall–Kier alpha value is -11.7. The maximum absolute atomic E-state index is 15.9. The molecule has 14 rings (SSSR count). The largest absolute Gasteiger partial charge is 0.476 e. The minimum Gasteiger partial charge on any atom is -0.476 e. The van der Waals surface area contributed by atoms with Crippen molar-refractivity contribution in [3.63, 3.8) is 0 Å². The van der Waals surface area contributed by atoms with Crippen LogP contribution in [0.3, 0.4) is 0 Å². The number of hydrogen-bond acceptors (Lipinski definition) is 36. The third-order valence-electron chi connectivity index (χ3n) is 21.9. The first-order chi connectivity index (χ1) is 69.5. The lowest BCUT2D eigenvalue weighted by Crippen LogP contribution is -2.48. The third-order valence-corrected chi connectivity index (χ3v) is 28.5. The van der Waals surface area contributed by atoms with Crippen molar-refractivity contribution in [2.24, 2.45) is 10.7 Å². The molecule has 0 bridgehead atoms. The van der Waals surface area contributed by atoms with Crippen LogP contribution in [-0.2, 0) is 98.2 Å². The Morgan fingerprint density at radius 2 is 0.777 bits per heavy atom. The molecule has 148 heavy (non-hydrogen) atoms. The van der Waals surface area contributed by atoms with Crippen molar-refractivity contribution < 1.29 is 139 Å². The number of esters is 4. The molecule has 6 aliphatic heterocycles. The van der Waals surface area contributed by atoms with Gasteiger partial charge in [0.05, 0.1) is 94.5 Å². The maximum atomic E-state index is 15.9. The van der Waals surface area contributed by atoms with E-state index in [1.807, 2.05) is 6.92 Å². The molecule has 0 saturated carbocycles. The molecule has 52 heteroatoms. The van der Waals surface area contributed by atoms with Crippen LogP contribution in [0.4, 0.5) is 17.6 Å². The van der Waals surface area contributed by atoms with E-state index in [2.05, 4.69) is 73.7 Å². The van der Waals surface area contributed by atoms with Gasteiger partial charge in [0.1, 0.15) is 76.3 Å². The summed E-state index contributed by atoms with van der Waals surface area (Å²) in [7, 11) is -16.5. The van der Waals surface area contributed by atoms with Crippen LogP contribution >= 0.6 is 31.0 Å². The standard InChI is InChI=1S/C26H35FN5O7P.C24H31FN5O7P.C23H32FN4O6P.C23H31FN3O7P/c1-7-35-23-21-22(29-18(5)30-23)32(15-28-21)25-26(6,27)13-20(38-25)14-36-40(34,39-19-11-9-8-10-12-19)31-17(4)24(33)37-16(2)3;1-14(2)35-22(32)15(3)29-38(33,37-17-9-7-6-8-10-17)34-12-18-11-24(5,25)23(36-18)30-13-26-19-20(30)27-16(4)28-21(19)31;1-15(2)32-21(29)16(3)27-35(30,34-18-9-7-6-8-10-18)31-14-19-13-23(5,24)22(33-19)28-12-11-20(25)26-17(28)4;1-15(2)32-21(29)16(3)26-35(30,34-18-9-7-6-8-10-18)31-14-19-13-23(5,24)22(33-19)27-12-11-20(28)25-17(27)4/h8-12,15-17,20,25H,7,13-14H2,1-6H3,(H,31,34);6-10,13-15,18,23H,11-12H2,1-5H3,(H,29,33)(H,27,28,31);6-12,15-16,19,22H,4,13-14H2,1-3,5H3,(H2,25,26)(H,27,30);6-12,15-16,19,22H,4,13-14H2,1-3,5H3,(H,25,28)(H,26,30)/t17-,20+,25-,26-,40?;15-,18+,23-,24-,38?;2*16?,19-,22+,23+,35?/m1100/s1. The number of para-hydroxylation sites is 4. The van der Waals surface area contributed by atoms with Gasteiger partial charge in [-0.25, -0.2) is 60.8 Å². The van der Waals surface area contributed by atoms with Crippen LogP contribution in [-0.4, -0.2) is 226 Å². The summed E-state index contributed by atoms with van der Waals surface area (Å²) >= 11 is 0. The molecule has 8 N–H and O–H groups in total. The van der Waals surface area contributed by atoms with Crippen LogP contribution in [0.15, 0.2) is 193 Å². The van der Waals surface area contributed by atoms with Crippen molar-refractivity contribution in [1.82, 2.24) is 74.5 Å². The minimum atomic E-state index is -4.15. The van der Waals surface area contributed by atoms with Gasteiger partial charge in [0.2, 0.25) is 5.88 Å². The zero-order valence-electron chi connectivity index (χ0n) is 85.4. The van der Waals surface area contributed by atoms with Crippen LogP contribution in [0.1, 0.15) is 167 Å². The number of benzene rings is 4. The number of aromatic nitrogens is 8. The molecule has 6 unspecified atom stereocenters. The van der Waals surface area contributed by atoms with Crippen molar-refractivity contribution in [3.8, 4) is 28.9 Å². The Morgan fingerprint density at radius 1 is 0.466 bits per heavy atom. The molecule has 0 aliphatic carbocycles. The highest BCUT2D eigenvalue weighted by Crippen LogP contribution is 2.53. The van der Waals surface area contributed by atoms with Crippen molar-refractivity contribution in [1.29, 1.82) is 0 Å². The van der Waals surface area contributed by atoms with Crippen molar-refractivity contribution in [2.75, 3.05) is 33.0 Å². The summed E-state index contributed by atoms with van der Waals surface area (Å²) < 4.78 is 215. The number of carbonyl (C=O) groups is 5. The fourth-order valence-electron chi connectivity index (χ4n) is 15.6. The number of aromatic amines is 1. The van der Waals surface area contributed by atoms with Gasteiger partial charge in [-0.05, 0) is 186 Å².